The Bertz CT molecular complexity index is 560. The molecule has 2 rings (SSSR count). The molecule has 2 nitrogen and oxygen atoms in total. The van der Waals surface area contributed by atoms with E-state index < -0.39 is 17.7 Å². The van der Waals surface area contributed by atoms with Gasteiger partial charge in [0.2, 0.25) is 0 Å². The van der Waals surface area contributed by atoms with E-state index in [-0.39, 0.29) is 12.1 Å². The third-order valence-electron chi connectivity index (χ3n) is 2.66. The van der Waals surface area contributed by atoms with Crippen LogP contribution >= 0.6 is 11.6 Å². The number of nitrogens with one attached hydrogen (secondary N) is 1. The summed E-state index contributed by atoms with van der Waals surface area (Å²) in [4.78, 5) is 0. The Morgan fingerprint density at radius 2 is 1.79 bits per heavy atom. The number of hydrogen-bond acceptors (Lipinski definition) is 2. The van der Waals surface area contributed by atoms with Crippen LogP contribution in [-0.4, -0.2) is 11.7 Å². The molecule has 0 spiro atoms. The summed E-state index contributed by atoms with van der Waals surface area (Å²) < 4.78 is 26.4. The highest BCUT2D eigenvalue weighted by molar-refractivity contribution is 6.30. The molecule has 0 aromatic heterocycles. The average molecular weight is 284 g/mol. The molecular formula is C14H12ClF2NO. The van der Waals surface area contributed by atoms with Crippen molar-refractivity contribution in [3.8, 4) is 0 Å². The monoisotopic (exact) mass is 283 g/mol. The summed E-state index contributed by atoms with van der Waals surface area (Å²) in [6.45, 7) is 0.0714. The van der Waals surface area contributed by atoms with E-state index in [9.17, 15) is 13.9 Å². The van der Waals surface area contributed by atoms with Crippen molar-refractivity contribution in [1.82, 2.24) is 0 Å². The summed E-state index contributed by atoms with van der Waals surface area (Å²) >= 11 is 5.74. The second kappa shape index (κ2) is 5.99. The SMILES string of the molecule is OC(CNc1ccc(Cl)cc1)c1cc(F)ccc1F. The normalized spacial score (nSPS) is 12.2. The molecule has 0 amide bonds. The van der Waals surface area contributed by atoms with Gasteiger partial charge in [-0.25, -0.2) is 8.78 Å². The largest absolute Gasteiger partial charge is 0.386 e. The maximum absolute atomic E-state index is 13.4. The molecule has 0 saturated heterocycles. The molecule has 0 fully saturated rings. The van der Waals surface area contributed by atoms with Crippen molar-refractivity contribution in [2.75, 3.05) is 11.9 Å². The van der Waals surface area contributed by atoms with E-state index in [1.807, 2.05) is 0 Å². The minimum absolute atomic E-state index is 0.0681. The van der Waals surface area contributed by atoms with E-state index in [0.29, 0.717) is 5.02 Å². The first kappa shape index (κ1) is 13.8. The zero-order valence-corrected chi connectivity index (χ0v) is 10.7. The van der Waals surface area contributed by atoms with Gasteiger partial charge in [-0.05, 0) is 42.5 Å². The average Bonchev–Trinajstić information content (AvgIpc) is 2.40. The highest BCUT2D eigenvalue weighted by Gasteiger charge is 2.13. The van der Waals surface area contributed by atoms with Crippen molar-refractivity contribution in [3.63, 3.8) is 0 Å². The van der Waals surface area contributed by atoms with Crippen LogP contribution in [0.15, 0.2) is 42.5 Å². The van der Waals surface area contributed by atoms with E-state index >= 15 is 0 Å². The van der Waals surface area contributed by atoms with Gasteiger partial charge >= 0.3 is 0 Å². The molecule has 0 saturated carbocycles. The van der Waals surface area contributed by atoms with Crippen molar-refractivity contribution in [3.05, 3.63) is 64.7 Å². The molecule has 0 aliphatic rings. The van der Waals surface area contributed by atoms with Crippen LogP contribution in [0.1, 0.15) is 11.7 Å². The second-order valence-electron chi connectivity index (χ2n) is 4.07. The van der Waals surface area contributed by atoms with Crippen molar-refractivity contribution >= 4 is 17.3 Å². The molecular weight excluding hydrogens is 272 g/mol. The minimum atomic E-state index is -1.13. The van der Waals surface area contributed by atoms with Gasteiger partial charge in [0.15, 0.2) is 0 Å². The third kappa shape index (κ3) is 3.66. The van der Waals surface area contributed by atoms with Crippen molar-refractivity contribution in [2.24, 2.45) is 0 Å². The molecule has 19 heavy (non-hydrogen) atoms. The molecule has 0 radical (unpaired) electrons. The van der Waals surface area contributed by atoms with Crippen LogP contribution < -0.4 is 5.32 Å². The number of rotatable bonds is 4. The van der Waals surface area contributed by atoms with Crippen LogP contribution in [0, 0.1) is 11.6 Å². The van der Waals surface area contributed by atoms with Crippen LogP contribution in [-0.2, 0) is 0 Å². The Morgan fingerprint density at radius 3 is 2.47 bits per heavy atom. The molecule has 0 aliphatic carbocycles. The lowest BCUT2D eigenvalue weighted by Crippen LogP contribution is -2.13. The summed E-state index contributed by atoms with van der Waals surface area (Å²) in [5, 5.41) is 13.4. The van der Waals surface area contributed by atoms with Gasteiger partial charge in [0.1, 0.15) is 11.6 Å². The summed E-state index contributed by atoms with van der Waals surface area (Å²) in [6.07, 6.45) is -1.13. The second-order valence-corrected chi connectivity index (χ2v) is 4.51. The molecule has 2 aromatic rings. The van der Waals surface area contributed by atoms with Gasteiger partial charge in [0.05, 0.1) is 6.10 Å². The lowest BCUT2D eigenvalue weighted by molar-refractivity contribution is 0.186. The Kier molecular flexibility index (Phi) is 4.35. The maximum atomic E-state index is 13.4. The van der Waals surface area contributed by atoms with Crippen LogP contribution in [0.4, 0.5) is 14.5 Å². The van der Waals surface area contributed by atoms with Crippen molar-refractivity contribution < 1.29 is 13.9 Å². The molecule has 2 aromatic carbocycles. The predicted molar refractivity (Wildman–Crippen MR) is 71.3 cm³/mol. The minimum Gasteiger partial charge on any atom is -0.386 e. The quantitative estimate of drug-likeness (QED) is 0.895. The highest BCUT2D eigenvalue weighted by atomic mass is 35.5. The Hall–Kier alpha value is -1.65. The van der Waals surface area contributed by atoms with Gasteiger partial charge in [-0.2, -0.15) is 0 Å². The number of aliphatic hydroxyl groups excluding tert-OH is 1. The van der Waals surface area contributed by atoms with Crippen LogP contribution in [0.25, 0.3) is 0 Å². The number of benzene rings is 2. The molecule has 0 heterocycles. The van der Waals surface area contributed by atoms with Gasteiger partial charge in [-0.3, -0.25) is 0 Å². The van der Waals surface area contributed by atoms with Crippen LogP contribution in [0.3, 0.4) is 0 Å². The molecule has 1 atom stereocenters. The molecule has 100 valence electrons. The van der Waals surface area contributed by atoms with E-state index in [2.05, 4.69) is 5.32 Å². The topological polar surface area (TPSA) is 32.3 Å². The molecule has 2 N–H and O–H groups in total. The van der Waals surface area contributed by atoms with Crippen molar-refractivity contribution in [1.29, 1.82) is 0 Å². The van der Waals surface area contributed by atoms with Gasteiger partial charge in [0.25, 0.3) is 0 Å². The Balaban J connectivity index is 2.03. The molecule has 5 heteroatoms. The van der Waals surface area contributed by atoms with E-state index in [4.69, 9.17) is 11.6 Å². The first-order chi connectivity index (χ1) is 9.06. The summed E-state index contributed by atoms with van der Waals surface area (Å²) in [5.41, 5.74) is 0.668. The standard InChI is InChI=1S/C14H12ClF2NO/c15-9-1-4-11(5-2-9)18-8-14(19)12-7-10(16)3-6-13(12)17/h1-7,14,18-19H,8H2. The number of anilines is 1. The Labute approximate surface area is 114 Å². The maximum Gasteiger partial charge on any atom is 0.129 e. The van der Waals surface area contributed by atoms with E-state index in [0.717, 1.165) is 23.9 Å². The van der Waals surface area contributed by atoms with Crippen molar-refractivity contribution in [2.45, 2.75) is 6.10 Å². The lowest BCUT2D eigenvalue weighted by atomic mass is 10.1. The molecule has 0 aliphatic heterocycles. The Morgan fingerprint density at radius 1 is 1.11 bits per heavy atom. The zero-order chi connectivity index (χ0) is 13.8. The fourth-order valence-corrected chi connectivity index (χ4v) is 1.79. The number of aliphatic hydroxyl groups is 1. The number of hydrogen-bond donors (Lipinski definition) is 2. The first-order valence-corrected chi connectivity index (χ1v) is 6.06. The fraction of sp³-hybridized carbons (Fsp3) is 0.143. The zero-order valence-electron chi connectivity index (χ0n) is 9.91. The summed E-state index contributed by atoms with van der Waals surface area (Å²) in [5.74, 6) is -1.21. The van der Waals surface area contributed by atoms with E-state index in [1.165, 1.54) is 0 Å². The fourth-order valence-electron chi connectivity index (χ4n) is 1.66. The predicted octanol–water partition coefficient (Wildman–Crippen LogP) is 3.76. The van der Waals surface area contributed by atoms with Gasteiger partial charge in [-0.15, -0.1) is 0 Å². The van der Waals surface area contributed by atoms with Gasteiger partial charge < -0.3 is 10.4 Å². The molecule has 1 unspecified atom stereocenters. The van der Waals surface area contributed by atoms with Gasteiger partial charge in [0, 0.05) is 22.8 Å². The van der Waals surface area contributed by atoms with Crippen LogP contribution in [0.2, 0.25) is 5.02 Å². The highest BCUT2D eigenvalue weighted by Crippen LogP contribution is 2.20. The lowest BCUT2D eigenvalue weighted by Gasteiger charge is -2.14. The van der Waals surface area contributed by atoms with Gasteiger partial charge in [-0.1, -0.05) is 11.6 Å². The van der Waals surface area contributed by atoms with Crippen LogP contribution in [0.5, 0.6) is 0 Å². The number of halogens is 3. The smallest absolute Gasteiger partial charge is 0.129 e. The summed E-state index contributed by atoms with van der Waals surface area (Å²) in [7, 11) is 0. The third-order valence-corrected chi connectivity index (χ3v) is 2.91. The van der Waals surface area contributed by atoms with E-state index in [1.54, 1.807) is 24.3 Å². The molecule has 0 bridgehead atoms. The first-order valence-electron chi connectivity index (χ1n) is 5.69. The summed E-state index contributed by atoms with van der Waals surface area (Å²) in [6, 6.07) is 9.85.